The maximum absolute atomic E-state index is 13.4. The smallest absolute Gasteiger partial charge is 0.431 e. The van der Waals surface area contributed by atoms with E-state index in [2.05, 4.69) is 14.8 Å². The van der Waals surface area contributed by atoms with Crippen LogP contribution in [0.3, 0.4) is 0 Å². The molecule has 208 valence electrons. The van der Waals surface area contributed by atoms with E-state index < -0.39 is 30.4 Å². The molecule has 5 rings (SSSR count). The SMILES string of the molecule is Cc1nnc2n1CC(SC1=C(C(=O)OC(C)OC(=O)OC3CCCCC3)N3C(=O)[C@H]([C@@H](C)O)[C@H]3[C@H]1C)CS2. The molecule has 6 atom stereocenters. The molecule has 3 aliphatic heterocycles. The second-order valence-electron chi connectivity index (χ2n) is 10.4. The Labute approximate surface area is 230 Å². The number of amides is 1. The molecule has 0 bridgehead atoms. The minimum Gasteiger partial charge on any atom is -0.431 e. The summed E-state index contributed by atoms with van der Waals surface area (Å²) in [7, 11) is 0. The first-order valence-corrected chi connectivity index (χ1v) is 15.0. The summed E-state index contributed by atoms with van der Waals surface area (Å²) in [5.74, 6) is -0.198. The van der Waals surface area contributed by atoms with Crippen molar-refractivity contribution in [3.05, 3.63) is 16.4 Å². The van der Waals surface area contributed by atoms with Crippen LogP contribution in [0.2, 0.25) is 0 Å². The Morgan fingerprint density at radius 3 is 2.61 bits per heavy atom. The highest BCUT2D eigenvalue weighted by atomic mass is 32.2. The van der Waals surface area contributed by atoms with Gasteiger partial charge < -0.3 is 28.8 Å². The molecule has 1 aromatic rings. The van der Waals surface area contributed by atoms with Crippen molar-refractivity contribution < 1.29 is 33.7 Å². The third kappa shape index (κ3) is 5.16. The second kappa shape index (κ2) is 11.1. The van der Waals surface area contributed by atoms with E-state index in [0.717, 1.165) is 53.7 Å². The highest BCUT2D eigenvalue weighted by Gasteiger charge is 2.60. The summed E-state index contributed by atoms with van der Waals surface area (Å²) in [6, 6.07) is -0.330. The van der Waals surface area contributed by atoms with Crippen molar-refractivity contribution in [2.45, 2.75) is 101 Å². The molecule has 38 heavy (non-hydrogen) atoms. The number of esters is 1. The van der Waals surface area contributed by atoms with Crippen molar-refractivity contribution in [3.63, 3.8) is 0 Å². The highest BCUT2D eigenvalue weighted by Crippen LogP contribution is 2.52. The van der Waals surface area contributed by atoms with Gasteiger partial charge in [-0.25, -0.2) is 9.59 Å². The number of aromatic nitrogens is 3. The van der Waals surface area contributed by atoms with Gasteiger partial charge in [0.05, 0.1) is 18.1 Å². The van der Waals surface area contributed by atoms with Crippen LogP contribution >= 0.6 is 23.5 Å². The van der Waals surface area contributed by atoms with Crippen molar-refractivity contribution in [1.82, 2.24) is 19.7 Å². The maximum atomic E-state index is 13.4. The van der Waals surface area contributed by atoms with Gasteiger partial charge in [0.25, 0.3) is 0 Å². The van der Waals surface area contributed by atoms with Gasteiger partial charge in [-0.1, -0.05) is 25.1 Å². The number of carbonyl (C=O) groups excluding carboxylic acids is 3. The summed E-state index contributed by atoms with van der Waals surface area (Å²) in [6.45, 7) is 7.60. The van der Waals surface area contributed by atoms with Gasteiger partial charge in [-0.05, 0) is 39.5 Å². The van der Waals surface area contributed by atoms with Crippen molar-refractivity contribution >= 4 is 41.6 Å². The lowest BCUT2D eigenvalue weighted by Crippen LogP contribution is -2.63. The van der Waals surface area contributed by atoms with Gasteiger partial charge in [-0.3, -0.25) is 4.79 Å². The zero-order chi connectivity index (χ0) is 27.1. The minimum atomic E-state index is -1.19. The lowest BCUT2D eigenvalue weighted by atomic mass is 9.79. The number of rotatable bonds is 7. The van der Waals surface area contributed by atoms with Gasteiger partial charge >= 0.3 is 12.1 Å². The fourth-order valence-corrected chi connectivity index (χ4v) is 8.34. The van der Waals surface area contributed by atoms with E-state index in [1.807, 2.05) is 13.8 Å². The molecule has 0 spiro atoms. The molecule has 4 heterocycles. The van der Waals surface area contributed by atoms with Gasteiger partial charge in [0, 0.05) is 35.3 Å². The van der Waals surface area contributed by atoms with Crippen LogP contribution in [0.15, 0.2) is 15.8 Å². The predicted octanol–water partition coefficient (Wildman–Crippen LogP) is 3.24. The fourth-order valence-electron chi connectivity index (χ4n) is 5.74. The molecule has 1 amide bonds. The average molecular weight is 567 g/mol. The molecule has 4 aliphatic rings. The van der Waals surface area contributed by atoms with Gasteiger partial charge in [-0.2, -0.15) is 0 Å². The Hall–Kier alpha value is -2.25. The Balaban J connectivity index is 1.31. The summed E-state index contributed by atoms with van der Waals surface area (Å²) in [4.78, 5) is 40.9. The predicted molar refractivity (Wildman–Crippen MR) is 139 cm³/mol. The molecule has 1 aromatic heterocycles. The summed E-state index contributed by atoms with van der Waals surface area (Å²) in [5, 5.41) is 19.6. The number of aryl methyl sites for hydroxylation is 1. The third-order valence-electron chi connectivity index (χ3n) is 7.63. The van der Waals surface area contributed by atoms with E-state index in [9.17, 15) is 19.5 Å². The summed E-state index contributed by atoms with van der Waals surface area (Å²) in [6.07, 6.45) is 1.66. The highest BCUT2D eigenvalue weighted by molar-refractivity contribution is 8.05. The number of nitrogens with zero attached hydrogens (tertiary/aromatic N) is 4. The molecule has 0 radical (unpaired) electrons. The van der Waals surface area contributed by atoms with Crippen LogP contribution in [0, 0.1) is 18.8 Å². The lowest BCUT2D eigenvalue weighted by molar-refractivity contribution is -0.174. The number of fused-ring (bicyclic) bond motifs is 2. The third-order valence-corrected chi connectivity index (χ3v) is 10.4. The fraction of sp³-hybridized carbons (Fsp3) is 0.720. The number of hydrogen-bond donors (Lipinski definition) is 1. The van der Waals surface area contributed by atoms with E-state index in [1.54, 1.807) is 30.4 Å². The van der Waals surface area contributed by atoms with Gasteiger partial charge in [-0.15, -0.1) is 22.0 Å². The van der Waals surface area contributed by atoms with E-state index in [1.165, 1.54) is 11.8 Å². The van der Waals surface area contributed by atoms with Crippen LogP contribution in [0.5, 0.6) is 0 Å². The molecule has 1 aliphatic carbocycles. The first kappa shape index (κ1) is 27.3. The zero-order valence-electron chi connectivity index (χ0n) is 22.0. The van der Waals surface area contributed by atoms with Gasteiger partial charge in [0.15, 0.2) is 5.16 Å². The Kier molecular flexibility index (Phi) is 7.97. The largest absolute Gasteiger partial charge is 0.511 e. The maximum Gasteiger partial charge on any atom is 0.511 e. The normalized spacial score (nSPS) is 28.8. The van der Waals surface area contributed by atoms with Crippen molar-refractivity contribution in [2.24, 2.45) is 11.8 Å². The molecule has 13 heteroatoms. The van der Waals surface area contributed by atoms with Crippen LogP contribution < -0.4 is 0 Å². The molecule has 1 saturated carbocycles. The van der Waals surface area contributed by atoms with Crippen LogP contribution in [-0.2, 0) is 30.3 Å². The number of hydrogen-bond acceptors (Lipinski definition) is 11. The first-order chi connectivity index (χ1) is 18.2. The summed E-state index contributed by atoms with van der Waals surface area (Å²) < 4.78 is 18.1. The molecule has 2 fully saturated rings. The number of aliphatic hydroxyl groups excluding tert-OH is 1. The Bertz CT molecular complexity index is 1130. The van der Waals surface area contributed by atoms with Crippen LogP contribution in [-0.4, -0.2) is 78.3 Å². The quantitative estimate of drug-likeness (QED) is 0.296. The van der Waals surface area contributed by atoms with Crippen molar-refractivity contribution in [2.75, 3.05) is 5.75 Å². The number of ether oxygens (including phenoxy) is 3. The number of thioether (sulfide) groups is 2. The lowest BCUT2D eigenvalue weighted by Gasteiger charge is -2.46. The number of carbonyl (C=O) groups is 3. The first-order valence-electron chi connectivity index (χ1n) is 13.2. The summed E-state index contributed by atoms with van der Waals surface area (Å²) in [5.41, 5.74) is 0.168. The Morgan fingerprint density at radius 1 is 1.16 bits per heavy atom. The van der Waals surface area contributed by atoms with Crippen molar-refractivity contribution in [1.29, 1.82) is 0 Å². The molecular formula is C25H34N4O7S2. The number of β-lactam (4-membered cyclic amide) rings is 1. The second-order valence-corrected chi connectivity index (χ2v) is 12.7. The molecule has 11 nitrogen and oxygen atoms in total. The topological polar surface area (TPSA) is 133 Å². The van der Waals surface area contributed by atoms with E-state index in [4.69, 9.17) is 14.2 Å². The minimum absolute atomic E-state index is 0.111. The standard InChI is InChI=1S/C25H34N4O7S2/c1-12-19-18(13(2)30)22(31)29(19)20(21(12)38-17-10-28-14(3)26-27-24(28)37-11-17)23(32)34-15(4)35-25(33)36-16-8-6-5-7-9-16/h12-13,15-19,30H,5-11H2,1-4H3/t12-,13-,15?,17?,18-,19-/m1/s1. The van der Waals surface area contributed by atoms with Crippen LogP contribution in [0.4, 0.5) is 4.79 Å². The monoisotopic (exact) mass is 566 g/mol. The van der Waals surface area contributed by atoms with Crippen molar-refractivity contribution in [3.8, 4) is 0 Å². The Morgan fingerprint density at radius 2 is 1.89 bits per heavy atom. The molecule has 2 unspecified atom stereocenters. The van der Waals surface area contributed by atoms with E-state index in [-0.39, 0.29) is 34.9 Å². The van der Waals surface area contributed by atoms with E-state index >= 15 is 0 Å². The molecular weight excluding hydrogens is 532 g/mol. The average Bonchev–Trinajstić information content (AvgIpc) is 3.34. The van der Waals surface area contributed by atoms with Crippen LogP contribution in [0.1, 0.15) is 58.7 Å². The number of aliphatic hydroxyl groups is 1. The van der Waals surface area contributed by atoms with Gasteiger partial charge in [0.1, 0.15) is 17.6 Å². The summed E-state index contributed by atoms with van der Waals surface area (Å²) >= 11 is 3.15. The molecule has 0 aromatic carbocycles. The zero-order valence-corrected chi connectivity index (χ0v) is 23.6. The van der Waals surface area contributed by atoms with Crippen LogP contribution in [0.25, 0.3) is 0 Å². The van der Waals surface area contributed by atoms with Gasteiger partial charge in [0.2, 0.25) is 12.2 Å². The molecule has 1 saturated heterocycles. The van der Waals surface area contributed by atoms with E-state index in [0.29, 0.717) is 6.54 Å². The molecule has 1 N–H and O–H groups in total.